The molecule has 2 aromatic heterocycles. The van der Waals surface area contributed by atoms with Gasteiger partial charge in [-0.3, -0.25) is 0 Å². The molecular formula is C15H17F2N5. The maximum atomic E-state index is 12.8. The molecule has 1 atom stereocenters. The van der Waals surface area contributed by atoms with E-state index in [-0.39, 0.29) is 11.7 Å². The van der Waals surface area contributed by atoms with Gasteiger partial charge in [0.05, 0.1) is 0 Å². The van der Waals surface area contributed by atoms with Crippen LogP contribution in [0.1, 0.15) is 26.1 Å². The van der Waals surface area contributed by atoms with Gasteiger partial charge < -0.3 is 5.32 Å². The molecule has 0 aliphatic heterocycles. The van der Waals surface area contributed by atoms with Gasteiger partial charge in [-0.1, -0.05) is 30.9 Å². The van der Waals surface area contributed by atoms with Crippen LogP contribution in [0.3, 0.4) is 0 Å². The van der Waals surface area contributed by atoms with E-state index in [0.29, 0.717) is 5.82 Å². The Labute approximate surface area is 127 Å². The van der Waals surface area contributed by atoms with Gasteiger partial charge in [0.2, 0.25) is 5.82 Å². The first-order valence-corrected chi connectivity index (χ1v) is 6.79. The van der Waals surface area contributed by atoms with Crippen LogP contribution in [0.15, 0.2) is 48.6 Å². The molecule has 2 aromatic rings. The number of hydrogen-bond acceptors (Lipinski definition) is 4. The van der Waals surface area contributed by atoms with Crippen LogP contribution in [0.5, 0.6) is 0 Å². The average Bonchev–Trinajstić information content (AvgIpc) is 2.90. The monoisotopic (exact) mass is 305 g/mol. The Kier molecular flexibility index (Phi) is 4.98. The van der Waals surface area contributed by atoms with Crippen LogP contribution in [0.4, 0.5) is 14.6 Å². The molecule has 2 rings (SSSR count). The van der Waals surface area contributed by atoms with Crippen LogP contribution in [-0.4, -0.2) is 25.9 Å². The van der Waals surface area contributed by atoms with Crippen LogP contribution in [0.25, 0.3) is 5.65 Å². The van der Waals surface area contributed by atoms with Gasteiger partial charge in [-0.15, -0.1) is 15.3 Å². The van der Waals surface area contributed by atoms with E-state index in [0.717, 1.165) is 10.1 Å². The Bertz CT molecular complexity index is 718. The fourth-order valence-electron chi connectivity index (χ4n) is 2.00. The summed E-state index contributed by atoms with van der Waals surface area (Å²) in [7, 11) is 0. The number of allylic oxidation sites excluding steroid dienone is 3. The van der Waals surface area contributed by atoms with Gasteiger partial charge >= 0.3 is 0 Å². The first-order chi connectivity index (χ1) is 10.6. The van der Waals surface area contributed by atoms with Crippen molar-refractivity contribution in [1.82, 2.24) is 19.8 Å². The summed E-state index contributed by atoms with van der Waals surface area (Å²) in [5.41, 5.74) is 1.28. The molecule has 0 bridgehead atoms. The van der Waals surface area contributed by atoms with Crippen molar-refractivity contribution in [3.63, 3.8) is 0 Å². The minimum Gasteiger partial charge on any atom is -0.362 e. The first kappa shape index (κ1) is 15.8. The topological polar surface area (TPSA) is 55.1 Å². The van der Waals surface area contributed by atoms with E-state index < -0.39 is 12.2 Å². The molecular weight excluding hydrogens is 288 g/mol. The highest BCUT2D eigenvalue weighted by atomic mass is 19.3. The van der Waals surface area contributed by atoms with Crippen molar-refractivity contribution in [3.8, 4) is 0 Å². The number of aromatic nitrogens is 4. The summed E-state index contributed by atoms with van der Waals surface area (Å²) in [5.74, 6) is -0.0113. The number of hydrogen-bond donors (Lipinski definition) is 1. The fourth-order valence-corrected chi connectivity index (χ4v) is 2.00. The van der Waals surface area contributed by atoms with Crippen molar-refractivity contribution < 1.29 is 8.78 Å². The summed E-state index contributed by atoms with van der Waals surface area (Å²) in [5, 5.41) is 14.4. The summed E-state index contributed by atoms with van der Waals surface area (Å²) in [6.07, 6.45) is 4.70. The predicted octanol–water partition coefficient (Wildman–Crippen LogP) is 3.55. The molecule has 0 saturated carbocycles. The van der Waals surface area contributed by atoms with E-state index in [1.54, 1.807) is 18.2 Å². The number of fused-ring (bicyclic) bond motifs is 1. The summed E-state index contributed by atoms with van der Waals surface area (Å²) in [6.45, 7) is 7.54. The Balaban J connectivity index is 2.29. The molecule has 0 aromatic carbocycles. The number of alkyl halides is 2. The van der Waals surface area contributed by atoms with E-state index in [1.807, 2.05) is 32.1 Å². The largest absolute Gasteiger partial charge is 0.362 e. The maximum absolute atomic E-state index is 12.8. The second-order valence-electron chi connectivity index (χ2n) is 4.62. The highest BCUT2D eigenvalue weighted by Gasteiger charge is 2.17. The second kappa shape index (κ2) is 6.93. The van der Waals surface area contributed by atoms with Crippen LogP contribution in [0.2, 0.25) is 0 Å². The van der Waals surface area contributed by atoms with Gasteiger partial charge in [-0.05, 0) is 31.6 Å². The Morgan fingerprint density at radius 1 is 1.36 bits per heavy atom. The van der Waals surface area contributed by atoms with E-state index in [4.69, 9.17) is 0 Å². The summed E-state index contributed by atoms with van der Waals surface area (Å²) >= 11 is 0. The van der Waals surface area contributed by atoms with Crippen molar-refractivity contribution in [2.24, 2.45) is 0 Å². The number of rotatable bonds is 6. The molecule has 0 aliphatic rings. The lowest BCUT2D eigenvalue weighted by molar-refractivity contribution is 0.137. The lowest BCUT2D eigenvalue weighted by Gasteiger charge is -2.15. The molecule has 1 N–H and O–H groups in total. The van der Waals surface area contributed by atoms with Crippen molar-refractivity contribution in [2.75, 3.05) is 5.32 Å². The van der Waals surface area contributed by atoms with Gasteiger partial charge in [-0.25, -0.2) is 8.78 Å². The highest BCUT2D eigenvalue weighted by molar-refractivity contribution is 5.46. The average molecular weight is 305 g/mol. The SMILES string of the molecule is C=C/C=C(\C=C/C)[C@@H](C)Nc1ccc2nnc(C(F)F)n2n1. The first-order valence-electron chi connectivity index (χ1n) is 6.79. The van der Waals surface area contributed by atoms with Crippen molar-refractivity contribution in [2.45, 2.75) is 26.3 Å². The highest BCUT2D eigenvalue weighted by Crippen LogP contribution is 2.18. The third kappa shape index (κ3) is 3.36. The fraction of sp³-hybridized carbons (Fsp3) is 0.267. The molecule has 116 valence electrons. The van der Waals surface area contributed by atoms with Crippen LogP contribution in [-0.2, 0) is 0 Å². The van der Waals surface area contributed by atoms with Crippen molar-refractivity contribution >= 4 is 11.5 Å². The van der Waals surface area contributed by atoms with E-state index in [9.17, 15) is 8.78 Å². The quantitative estimate of drug-likeness (QED) is 0.829. The summed E-state index contributed by atoms with van der Waals surface area (Å²) in [6, 6.07) is 3.20. The van der Waals surface area contributed by atoms with Crippen LogP contribution >= 0.6 is 0 Å². The van der Waals surface area contributed by atoms with Gasteiger partial charge in [0, 0.05) is 6.04 Å². The minimum atomic E-state index is -2.73. The zero-order chi connectivity index (χ0) is 16.1. The number of nitrogens with zero attached hydrogens (tertiary/aromatic N) is 4. The summed E-state index contributed by atoms with van der Waals surface area (Å²) in [4.78, 5) is 0. The Hall–Kier alpha value is -2.57. The lowest BCUT2D eigenvalue weighted by atomic mass is 10.1. The summed E-state index contributed by atoms with van der Waals surface area (Å²) < 4.78 is 26.7. The molecule has 0 fully saturated rings. The Morgan fingerprint density at radius 2 is 2.14 bits per heavy atom. The number of anilines is 1. The van der Waals surface area contributed by atoms with Crippen molar-refractivity contribution in [1.29, 1.82) is 0 Å². The molecule has 0 radical (unpaired) electrons. The molecule has 5 nitrogen and oxygen atoms in total. The third-order valence-corrected chi connectivity index (χ3v) is 3.02. The minimum absolute atomic E-state index is 0.0642. The number of halogens is 2. The van der Waals surface area contributed by atoms with E-state index in [2.05, 4.69) is 27.2 Å². The Morgan fingerprint density at radius 3 is 2.77 bits per heavy atom. The zero-order valence-corrected chi connectivity index (χ0v) is 12.4. The second-order valence-corrected chi connectivity index (χ2v) is 4.62. The maximum Gasteiger partial charge on any atom is 0.299 e. The molecule has 0 amide bonds. The smallest absolute Gasteiger partial charge is 0.299 e. The van der Waals surface area contributed by atoms with Crippen LogP contribution < -0.4 is 5.32 Å². The lowest BCUT2D eigenvalue weighted by Crippen LogP contribution is -2.18. The molecule has 0 saturated heterocycles. The standard InChI is InChI=1S/C15H17F2N5/c1-4-6-11(7-5-2)10(3)18-12-8-9-13-19-20-15(14(16)17)22(13)21-12/h4-10,14H,1H2,2-3H3,(H,18,21)/b7-5-,11-6+/t10-/m1/s1. The zero-order valence-electron chi connectivity index (χ0n) is 12.4. The van der Waals surface area contributed by atoms with Gasteiger partial charge in [0.25, 0.3) is 6.43 Å². The van der Waals surface area contributed by atoms with E-state index >= 15 is 0 Å². The van der Waals surface area contributed by atoms with Gasteiger partial charge in [-0.2, -0.15) is 4.52 Å². The number of nitrogens with one attached hydrogen (secondary N) is 1. The molecule has 7 heteroatoms. The van der Waals surface area contributed by atoms with Crippen molar-refractivity contribution in [3.05, 3.63) is 54.4 Å². The molecule has 0 unspecified atom stereocenters. The molecule has 22 heavy (non-hydrogen) atoms. The predicted molar refractivity (Wildman–Crippen MR) is 81.9 cm³/mol. The van der Waals surface area contributed by atoms with Gasteiger partial charge in [0.1, 0.15) is 5.82 Å². The molecule has 0 aliphatic carbocycles. The molecule has 2 heterocycles. The normalized spacial score (nSPS) is 14.0. The molecule has 0 spiro atoms. The van der Waals surface area contributed by atoms with E-state index in [1.165, 1.54) is 0 Å². The van der Waals surface area contributed by atoms with Crippen LogP contribution in [0, 0.1) is 0 Å². The van der Waals surface area contributed by atoms with Gasteiger partial charge in [0.15, 0.2) is 5.65 Å². The third-order valence-electron chi connectivity index (χ3n) is 3.02.